The quantitative estimate of drug-likeness (QED) is 0.826. The van der Waals surface area contributed by atoms with Crippen molar-refractivity contribution in [1.29, 1.82) is 0 Å². The van der Waals surface area contributed by atoms with Crippen molar-refractivity contribution in [1.82, 2.24) is 5.32 Å². The first kappa shape index (κ1) is 14.3. The molecule has 0 radical (unpaired) electrons. The number of halogens is 2. The van der Waals surface area contributed by atoms with Gasteiger partial charge in [0.15, 0.2) is 17.4 Å². The van der Waals surface area contributed by atoms with Gasteiger partial charge in [-0.05, 0) is 43.7 Å². The number of hydrogen-bond acceptors (Lipinski definition) is 2. The van der Waals surface area contributed by atoms with Crippen molar-refractivity contribution >= 4 is 0 Å². The van der Waals surface area contributed by atoms with Crippen LogP contribution in [0, 0.1) is 17.6 Å². The van der Waals surface area contributed by atoms with E-state index >= 15 is 0 Å². The van der Waals surface area contributed by atoms with E-state index in [-0.39, 0.29) is 12.4 Å². The van der Waals surface area contributed by atoms with E-state index in [9.17, 15) is 8.78 Å². The van der Waals surface area contributed by atoms with E-state index < -0.39 is 11.6 Å². The standard InChI is InChI=1S/C15H21F2NO/c1-11-5-7-12(8-6-11)18-9-10-19-15-13(16)3-2-4-14(15)17/h2-4,11-12,18H,5-10H2,1H3. The molecule has 2 rings (SSSR count). The second-order valence-electron chi connectivity index (χ2n) is 5.31. The second-order valence-corrected chi connectivity index (χ2v) is 5.31. The van der Waals surface area contributed by atoms with Gasteiger partial charge in [-0.1, -0.05) is 13.0 Å². The normalized spacial score (nSPS) is 23.3. The SMILES string of the molecule is CC1CCC(NCCOc2c(F)cccc2F)CC1. The first-order chi connectivity index (χ1) is 9.16. The van der Waals surface area contributed by atoms with Crippen LogP contribution < -0.4 is 10.1 Å². The zero-order valence-corrected chi connectivity index (χ0v) is 11.3. The highest BCUT2D eigenvalue weighted by atomic mass is 19.1. The fourth-order valence-electron chi connectivity index (χ4n) is 2.50. The Morgan fingerprint density at radius 2 is 1.79 bits per heavy atom. The van der Waals surface area contributed by atoms with Crippen LogP contribution in [-0.4, -0.2) is 19.2 Å². The van der Waals surface area contributed by atoms with Crippen LogP contribution in [-0.2, 0) is 0 Å². The van der Waals surface area contributed by atoms with E-state index in [1.54, 1.807) is 0 Å². The lowest BCUT2D eigenvalue weighted by Gasteiger charge is -2.27. The lowest BCUT2D eigenvalue weighted by molar-refractivity contribution is 0.256. The Labute approximate surface area is 113 Å². The van der Waals surface area contributed by atoms with E-state index in [1.165, 1.54) is 43.9 Å². The Morgan fingerprint density at radius 3 is 2.42 bits per heavy atom. The number of nitrogens with one attached hydrogen (secondary N) is 1. The van der Waals surface area contributed by atoms with Crippen LogP contribution in [0.3, 0.4) is 0 Å². The van der Waals surface area contributed by atoms with E-state index in [2.05, 4.69) is 12.2 Å². The molecule has 0 amide bonds. The lowest BCUT2D eigenvalue weighted by Crippen LogP contribution is -2.35. The molecule has 0 bridgehead atoms. The highest BCUT2D eigenvalue weighted by Crippen LogP contribution is 2.23. The summed E-state index contributed by atoms with van der Waals surface area (Å²) in [5.74, 6) is -0.749. The molecule has 2 nitrogen and oxygen atoms in total. The molecule has 0 heterocycles. The molecule has 0 atom stereocenters. The Kier molecular flexibility index (Phi) is 5.14. The highest BCUT2D eigenvalue weighted by Gasteiger charge is 2.17. The van der Waals surface area contributed by atoms with E-state index in [4.69, 9.17) is 4.74 Å². The van der Waals surface area contributed by atoms with Crippen LogP contribution >= 0.6 is 0 Å². The average molecular weight is 269 g/mol. The third kappa shape index (κ3) is 4.16. The van der Waals surface area contributed by atoms with Gasteiger partial charge in [0, 0.05) is 12.6 Å². The minimum atomic E-state index is -0.647. The number of para-hydroxylation sites is 1. The molecule has 1 fully saturated rings. The molecular formula is C15H21F2NO. The maximum atomic E-state index is 13.3. The summed E-state index contributed by atoms with van der Waals surface area (Å²) < 4.78 is 31.7. The highest BCUT2D eigenvalue weighted by molar-refractivity contribution is 5.25. The molecule has 0 saturated heterocycles. The maximum absolute atomic E-state index is 13.3. The van der Waals surface area contributed by atoms with Gasteiger partial charge < -0.3 is 10.1 Å². The molecule has 0 aliphatic heterocycles. The summed E-state index contributed by atoms with van der Waals surface area (Å²) in [6.45, 7) is 3.18. The Bertz CT molecular complexity index is 383. The number of benzene rings is 1. The van der Waals surface area contributed by atoms with Gasteiger partial charge in [0.2, 0.25) is 0 Å². The average Bonchev–Trinajstić information content (AvgIpc) is 2.39. The first-order valence-electron chi connectivity index (χ1n) is 6.97. The van der Waals surface area contributed by atoms with Crippen molar-refractivity contribution in [2.24, 2.45) is 5.92 Å². The molecule has 1 aliphatic carbocycles. The van der Waals surface area contributed by atoms with Gasteiger partial charge in [-0.2, -0.15) is 0 Å². The molecule has 0 aromatic heterocycles. The maximum Gasteiger partial charge on any atom is 0.190 e. The Balaban J connectivity index is 1.69. The van der Waals surface area contributed by atoms with Gasteiger partial charge in [-0.3, -0.25) is 0 Å². The third-order valence-electron chi connectivity index (χ3n) is 3.72. The molecule has 1 saturated carbocycles. The topological polar surface area (TPSA) is 21.3 Å². The number of rotatable bonds is 5. The van der Waals surface area contributed by atoms with E-state index in [0.29, 0.717) is 12.6 Å². The fraction of sp³-hybridized carbons (Fsp3) is 0.600. The molecule has 0 unspecified atom stereocenters. The number of ether oxygens (including phenoxy) is 1. The van der Waals surface area contributed by atoms with Gasteiger partial charge in [-0.15, -0.1) is 0 Å². The van der Waals surface area contributed by atoms with Crippen LogP contribution in [0.4, 0.5) is 8.78 Å². The predicted molar refractivity (Wildman–Crippen MR) is 71.3 cm³/mol. The molecule has 106 valence electrons. The monoisotopic (exact) mass is 269 g/mol. The van der Waals surface area contributed by atoms with Crippen LogP contribution in [0.5, 0.6) is 5.75 Å². The van der Waals surface area contributed by atoms with Gasteiger partial charge in [0.1, 0.15) is 6.61 Å². The summed E-state index contributed by atoms with van der Waals surface area (Å²) in [5, 5.41) is 3.38. The predicted octanol–water partition coefficient (Wildman–Crippen LogP) is 3.51. The molecule has 19 heavy (non-hydrogen) atoms. The van der Waals surface area contributed by atoms with Gasteiger partial charge in [-0.25, -0.2) is 8.78 Å². The third-order valence-corrected chi connectivity index (χ3v) is 3.72. The van der Waals surface area contributed by atoms with Crippen LogP contribution in [0.15, 0.2) is 18.2 Å². The minimum absolute atomic E-state index is 0.276. The van der Waals surface area contributed by atoms with Crippen molar-refractivity contribution in [2.75, 3.05) is 13.2 Å². The fourth-order valence-corrected chi connectivity index (χ4v) is 2.50. The first-order valence-corrected chi connectivity index (χ1v) is 6.97. The van der Waals surface area contributed by atoms with Crippen LogP contribution in [0.1, 0.15) is 32.6 Å². The largest absolute Gasteiger partial charge is 0.486 e. The summed E-state index contributed by atoms with van der Waals surface area (Å²) >= 11 is 0. The van der Waals surface area contributed by atoms with Crippen molar-refractivity contribution in [3.8, 4) is 5.75 Å². The van der Waals surface area contributed by atoms with Crippen LogP contribution in [0.25, 0.3) is 0 Å². The second kappa shape index (κ2) is 6.85. The number of hydrogen-bond donors (Lipinski definition) is 1. The van der Waals surface area contributed by atoms with Gasteiger partial charge >= 0.3 is 0 Å². The summed E-state index contributed by atoms with van der Waals surface area (Å²) in [4.78, 5) is 0. The summed E-state index contributed by atoms with van der Waals surface area (Å²) in [6, 6.07) is 4.26. The molecule has 1 aromatic rings. The molecule has 1 aromatic carbocycles. The summed E-state index contributed by atoms with van der Waals surface area (Å²) in [5.41, 5.74) is 0. The Morgan fingerprint density at radius 1 is 1.16 bits per heavy atom. The van der Waals surface area contributed by atoms with Crippen molar-refractivity contribution in [2.45, 2.75) is 38.6 Å². The smallest absolute Gasteiger partial charge is 0.190 e. The van der Waals surface area contributed by atoms with Crippen LogP contribution in [0.2, 0.25) is 0 Å². The van der Waals surface area contributed by atoms with Crippen molar-refractivity contribution < 1.29 is 13.5 Å². The zero-order valence-electron chi connectivity index (χ0n) is 11.3. The minimum Gasteiger partial charge on any atom is -0.486 e. The Hall–Kier alpha value is -1.16. The molecular weight excluding hydrogens is 248 g/mol. The molecule has 0 spiro atoms. The van der Waals surface area contributed by atoms with Gasteiger partial charge in [0.05, 0.1) is 0 Å². The summed E-state index contributed by atoms with van der Waals surface area (Å²) in [7, 11) is 0. The van der Waals surface area contributed by atoms with Crippen molar-refractivity contribution in [3.05, 3.63) is 29.8 Å². The van der Waals surface area contributed by atoms with Gasteiger partial charge in [0.25, 0.3) is 0 Å². The van der Waals surface area contributed by atoms with Crippen molar-refractivity contribution in [3.63, 3.8) is 0 Å². The lowest BCUT2D eigenvalue weighted by atomic mass is 9.87. The molecule has 4 heteroatoms. The summed E-state index contributed by atoms with van der Waals surface area (Å²) in [6.07, 6.45) is 4.85. The van der Waals surface area contributed by atoms with E-state index in [1.807, 2.05) is 0 Å². The molecule has 1 N–H and O–H groups in total. The van der Waals surface area contributed by atoms with E-state index in [0.717, 1.165) is 5.92 Å². The zero-order chi connectivity index (χ0) is 13.7. The molecule has 1 aliphatic rings.